The van der Waals surface area contributed by atoms with E-state index in [4.69, 9.17) is 4.74 Å². The molecule has 198 valence electrons. The molecule has 5 rings (SSSR count). The third-order valence-corrected chi connectivity index (χ3v) is 6.52. The average molecular weight is 525 g/mol. The molecule has 3 heterocycles. The molecule has 0 atom stereocenters. The van der Waals surface area contributed by atoms with Crippen LogP contribution in [-0.4, -0.2) is 54.1 Å². The van der Waals surface area contributed by atoms with Crippen LogP contribution in [0.1, 0.15) is 57.6 Å². The maximum Gasteiger partial charge on any atom is 0.337 e. The van der Waals surface area contributed by atoms with Gasteiger partial charge < -0.3 is 9.30 Å². The van der Waals surface area contributed by atoms with Gasteiger partial charge in [-0.3, -0.25) is 14.7 Å². The molecule has 1 amide bonds. The number of aromatic amines is 1. The number of rotatable bonds is 10. The Morgan fingerprint density at radius 1 is 1.05 bits per heavy atom. The number of aromatic nitrogens is 7. The van der Waals surface area contributed by atoms with Crippen LogP contribution < -0.4 is 4.90 Å². The number of anilines is 1. The van der Waals surface area contributed by atoms with Crippen molar-refractivity contribution in [1.82, 2.24) is 35.2 Å². The van der Waals surface area contributed by atoms with Crippen molar-refractivity contribution in [2.45, 2.75) is 39.3 Å². The highest BCUT2D eigenvalue weighted by Gasteiger charge is 2.27. The number of nitrogens with one attached hydrogen (secondary N) is 1. The highest BCUT2D eigenvalue weighted by Crippen LogP contribution is 2.23. The summed E-state index contributed by atoms with van der Waals surface area (Å²) in [7, 11) is 1.35. The van der Waals surface area contributed by atoms with Crippen LogP contribution in [0.4, 0.5) is 5.95 Å². The van der Waals surface area contributed by atoms with Crippen molar-refractivity contribution in [3.8, 4) is 0 Å². The molecule has 11 heteroatoms. The van der Waals surface area contributed by atoms with Gasteiger partial charge in [-0.25, -0.2) is 9.78 Å². The van der Waals surface area contributed by atoms with E-state index in [1.165, 1.54) is 12.0 Å². The van der Waals surface area contributed by atoms with Crippen molar-refractivity contribution in [2.24, 2.45) is 0 Å². The summed E-state index contributed by atoms with van der Waals surface area (Å²) in [6.07, 6.45) is 5.98. The maximum absolute atomic E-state index is 14.1. The lowest BCUT2D eigenvalue weighted by Gasteiger charge is -2.21. The predicted molar refractivity (Wildman–Crippen MR) is 144 cm³/mol. The highest BCUT2D eigenvalue weighted by atomic mass is 16.5. The van der Waals surface area contributed by atoms with Crippen LogP contribution in [-0.2, 0) is 24.2 Å². The van der Waals surface area contributed by atoms with Gasteiger partial charge in [-0.05, 0) is 47.0 Å². The Labute approximate surface area is 224 Å². The highest BCUT2D eigenvalue weighted by molar-refractivity contribution is 6.04. The Balaban J connectivity index is 1.51. The Bertz CT molecular complexity index is 1570. The van der Waals surface area contributed by atoms with E-state index in [0.717, 1.165) is 47.1 Å². The minimum Gasteiger partial charge on any atom is -0.465 e. The minimum atomic E-state index is -0.400. The summed E-state index contributed by atoms with van der Waals surface area (Å²) >= 11 is 0. The van der Waals surface area contributed by atoms with Crippen LogP contribution in [0.25, 0.3) is 10.9 Å². The van der Waals surface area contributed by atoms with E-state index in [9.17, 15) is 9.59 Å². The Morgan fingerprint density at radius 3 is 2.62 bits per heavy atom. The van der Waals surface area contributed by atoms with Crippen LogP contribution in [0.5, 0.6) is 0 Å². The molecule has 39 heavy (non-hydrogen) atoms. The number of benzene rings is 2. The number of amides is 1. The molecule has 0 fully saturated rings. The maximum atomic E-state index is 14.1. The van der Waals surface area contributed by atoms with Gasteiger partial charge in [-0.15, -0.1) is 5.10 Å². The number of para-hydroxylation sites is 1. The summed E-state index contributed by atoms with van der Waals surface area (Å²) in [4.78, 5) is 36.5. The fraction of sp³-hybridized carbons (Fsp3) is 0.250. The second-order valence-electron chi connectivity index (χ2n) is 9.03. The molecule has 0 spiro atoms. The predicted octanol–water partition coefficient (Wildman–Crippen LogP) is 3.97. The van der Waals surface area contributed by atoms with Gasteiger partial charge in [0.15, 0.2) is 0 Å². The lowest BCUT2D eigenvalue weighted by molar-refractivity contribution is 0.0600. The number of esters is 1. The normalized spacial score (nSPS) is 11.0. The summed E-state index contributed by atoms with van der Waals surface area (Å²) in [5, 5.41) is 15.3. The van der Waals surface area contributed by atoms with Crippen LogP contribution in [0, 0.1) is 0 Å². The zero-order chi connectivity index (χ0) is 27.2. The third kappa shape index (κ3) is 5.52. The van der Waals surface area contributed by atoms with Gasteiger partial charge in [-0.2, -0.15) is 5.21 Å². The molecule has 2 aromatic carbocycles. The number of methoxy groups -OCH3 is 1. The quantitative estimate of drug-likeness (QED) is 0.272. The van der Waals surface area contributed by atoms with E-state index >= 15 is 0 Å². The van der Waals surface area contributed by atoms with Crippen LogP contribution in [0.3, 0.4) is 0 Å². The molecule has 0 saturated heterocycles. The lowest BCUT2D eigenvalue weighted by atomic mass is 10.1. The Hall–Kier alpha value is -4.93. The number of aryl methyl sites for hydroxylation is 1. The number of hydrogen-bond acceptors (Lipinski definition) is 8. The minimum absolute atomic E-state index is 0.159. The van der Waals surface area contributed by atoms with Gasteiger partial charge >= 0.3 is 5.97 Å². The number of unbranched alkanes of at least 4 members (excludes halogenated alkanes) is 1. The lowest BCUT2D eigenvalue weighted by Crippen LogP contribution is -2.33. The van der Waals surface area contributed by atoms with E-state index in [2.05, 4.69) is 37.5 Å². The first-order chi connectivity index (χ1) is 19.1. The number of carbonyl (C=O) groups is 2. The smallest absolute Gasteiger partial charge is 0.337 e. The molecule has 0 aliphatic heterocycles. The van der Waals surface area contributed by atoms with Crippen LogP contribution in [0.15, 0.2) is 67.0 Å². The van der Waals surface area contributed by atoms with Gasteiger partial charge in [0.05, 0.1) is 30.9 Å². The first kappa shape index (κ1) is 25.7. The third-order valence-electron chi connectivity index (χ3n) is 6.52. The largest absolute Gasteiger partial charge is 0.465 e. The van der Waals surface area contributed by atoms with E-state index in [-0.39, 0.29) is 18.4 Å². The first-order valence-electron chi connectivity index (χ1n) is 12.7. The number of ether oxygens (including phenoxy) is 1. The summed E-state index contributed by atoms with van der Waals surface area (Å²) in [6, 6.07) is 16.8. The van der Waals surface area contributed by atoms with Crippen molar-refractivity contribution in [1.29, 1.82) is 0 Å². The molecular formula is C28H28N8O3. The molecule has 0 aliphatic carbocycles. The topological polar surface area (TPSA) is 132 Å². The number of tetrazole rings is 1. The number of fused-ring (bicyclic) bond motifs is 1. The van der Waals surface area contributed by atoms with Gasteiger partial charge in [0, 0.05) is 24.5 Å². The van der Waals surface area contributed by atoms with Gasteiger partial charge in [0.25, 0.3) is 11.9 Å². The van der Waals surface area contributed by atoms with Gasteiger partial charge in [-0.1, -0.05) is 48.8 Å². The van der Waals surface area contributed by atoms with Gasteiger partial charge in [0.1, 0.15) is 11.5 Å². The monoisotopic (exact) mass is 524 g/mol. The van der Waals surface area contributed by atoms with Gasteiger partial charge in [0.2, 0.25) is 0 Å². The van der Waals surface area contributed by atoms with E-state index < -0.39 is 5.97 Å². The first-order valence-corrected chi connectivity index (χ1v) is 12.7. The number of nitrogens with zero attached hydrogens (tertiary/aromatic N) is 7. The van der Waals surface area contributed by atoms with Crippen LogP contribution >= 0.6 is 0 Å². The zero-order valence-electron chi connectivity index (χ0n) is 21.7. The van der Waals surface area contributed by atoms with Crippen LogP contribution in [0.2, 0.25) is 0 Å². The van der Waals surface area contributed by atoms with Crippen molar-refractivity contribution >= 4 is 28.7 Å². The summed E-state index contributed by atoms with van der Waals surface area (Å²) in [5.74, 6) is 0.257. The number of H-pyrrole nitrogens is 1. The molecule has 0 unspecified atom stereocenters. The second kappa shape index (κ2) is 11.6. The van der Waals surface area contributed by atoms with Crippen molar-refractivity contribution in [3.63, 3.8) is 0 Å². The Kier molecular flexibility index (Phi) is 7.67. The van der Waals surface area contributed by atoms with Crippen molar-refractivity contribution in [2.75, 3.05) is 12.0 Å². The summed E-state index contributed by atoms with van der Waals surface area (Å²) in [6.45, 7) is 2.73. The molecule has 5 aromatic rings. The molecule has 1 N–H and O–H groups in total. The average Bonchev–Trinajstić information content (AvgIpc) is 3.65. The fourth-order valence-electron chi connectivity index (χ4n) is 4.45. The van der Waals surface area contributed by atoms with Crippen molar-refractivity contribution in [3.05, 3.63) is 95.2 Å². The second-order valence-corrected chi connectivity index (χ2v) is 9.03. The van der Waals surface area contributed by atoms with E-state index in [1.807, 2.05) is 47.0 Å². The SMILES string of the molecule is CCCCc1ncc(C(=O)N(Cc2ccnc3ccccc23)c2nn[nH]n2)n1Cc1ccc(C(=O)OC)cc1. The molecule has 11 nitrogen and oxygen atoms in total. The number of hydrogen-bond donors (Lipinski definition) is 1. The number of pyridine rings is 1. The summed E-state index contributed by atoms with van der Waals surface area (Å²) < 4.78 is 6.73. The molecular weight excluding hydrogens is 496 g/mol. The molecule has 0 bridgehead atoms. The molecule has 3 aromatic heterocycles. The number of imidazole rings is 1. The molecule has 0 radical (unpaired) electrons. The van der Waals surface area contributed by atoms with E-state index in [0.29, 0.717) is 17.8 Å². The Morgan fingerprint density at radius 2 is 1.87 bits per heavy atom. The fourth-order valence-corrected chi connectivity index (χ4v) is 4.45. The van der Waals surface area contributed by atoms with Crippen molar-refractivity contribution < 1.29 is 14.3 Å². The number of carbonyl (C=O) groups excluding carboxylic acids is 2. The molecule has 0 saturated carbocycles. The molecule has 0 aliphatic rings. The van der Waals surface area contributed by atoms with E-state index in [1.54, 1.807) is 24.5 Å². The standard InChI is InChI=1S/C28H28N8O3/c1-3-4-9-25-30-16-24(35(25)17-19-10-12-20(13-11-19)27(38)39-2)26(37)36(28-31-33-34-32-28)18-21-14-15-29-23-8-6-5-7-22(21)23/h5-8,10-16H,3-4,9,17-18H2,1-2H3,(H,31,32,33,34). The zero-order valence-corrected chi connectivity index (χ0v) is 21.7. The summed E-state index contributed by atoms with van der Waals surface area (Å²) in [5.41, 5.74) is 3.51.